The predicted molar refractivity (Wildman–Crippen MR) is 66.3 cm³/mol. The number of halogens is 2. The topological polar surface area (TPSA) is 39.1 Å². The van der Waals surface area contributed by atoms with Crippen molar-refractivity contribution < 1.29 is 13.5 Å². The summed E-state index contributed by atoms with van der Waals surface area (Å²) in [5, 5.41) is 3.28. The standard InChI is InChI=1S/C13H13F2N3O/c14-12(15)19-10-3-1-2-9(8-10)11-4-6-18-7-5-16-13(18)17-11/h1-3,5,7-8,11-12H,4,6H2,(H,16,17). The number of imidazole rings is 1. The van der Waals surface area contributed by atoms with E-state index in [1.54, 1.807) is 18.3 Å². The van der Waals surface area contributed by atoms with Crippen LogP contribution in [0.15, 0.2) is 36.7 Å². The number of nitrogens with zero attached hydrogens (tertiary/aromatic N) is 2. The van der Waals surface area contributed by atoms with Gasteiger partial charge in [-0.1, -0.05) is 12.1 Å². The molecule has 0 saturated carbocycles. The molecule has 0 spiro atoms. The van der Waals surface area contributed by atoms with Crippen molar-refractivity contribution >= 4 is 5.95 Å². The van der Waals surface area contributed by atoms with Crippen LogP contribution in [0.2, 0.25) is 0 Å². The summed E-state index contributed by atoms with van der Waals surface area (Å²) in [6, 6.07) is 6.85. The molecule has 1 aromatic heterocycles. The highest BCUT2D eigenvalue weighted by Gasteiger charge is 2.20. The summed E-state index contributed by atoms with van der Waals surface area (Å²) in [5.41, 5.74) is 0.924. The van der Waals surface area contributed by atoms with Crippen molar-refractivity contribution in [2.24, 2.45) is 0 Å². The van der Waals surface area contributed by atoms with Crippen molar-refractivity contribution in [2.45, 2.75) is 25.6 Å². The molecule has 1 atom stereocenters. The van der Waals surface area contributed by atoms with Crippen LogP contribution in [0.1, 0.15) is 18.0 Å². The maximum atomic E-state index is 12.2. The van der Waals surface area contributed by atoms with Gasteiger partial charge in [0.2, 0.25) is 5.95 Å². The number of fused-ring (bicyclic) bond motifs is 1. The minimum atomic E-state index is -2.80. The lowest BCUT2D eigenvalue weighted by Gasteiger charge is -2.26. The fourth-order valence-electron chi connectivity index (χ4n) is 2.28. The molecule has 0 radical (unpaired) electrons. The average molecular weight is 265 g/mol. The third-order valence-corrected chi connectivity index (χ3v) is 3.16. The maximum Gasteiger partial charge on any atom is 0.387 e. The van der Waals surface area contributed by atoms with E-state index < -0.39 is 6.61 Å². The molecule has 2 heterocycles. The van der Waals surface area contributed by atoms with Crippen molar-refractivity contribution in [1.82, 2.24) is 9.55 Å². The van der Waals surface area contributed by atoms with E-state index in [0.29, 0.717) is 0 Å². The van der Waals surface area contributed by atoms with Crippen molar-refractivity contribution in [1.29, 1.82) is 0 Å². The highest BCUT2D eigenvalue weighted by atomic mass is 19.3. The molecule has 1 unspecified atom stereocenters. The Bertz CT molecular complexity index is 571. The zero-order valence-corrected chi connectivity index (χ0v) is 10.1. The Balaban J connectivity index is 1.80. The van der Waals surface area contributed by atoms with Gasteiger partial charge in [0.1, 0.15) is 5.75 Å². The number of benzene rings is 1. The zero-order chi connectivity index (χ0) is 13.2. The molecule has 0 bridgehead atoms. The summed E-state index contributed by atoms with van der Waals surface area (Å²) in [5.74, 6) is 0.986. The molecule has 1 aliphatic heterocycles. The first-order valence-corrected chi connectivity index (χ1v) is 6.05. The van der Waals surface area contributed by atoms with Gasteiger partial charge >= 0.3 is 6.61 Å². The molecule has 0 fully saturated rings. The molecule has 1 N–H and O–H groups in total. The van der Waals surface area contributed by atoms with Crippen LogP contribution in [0.4, 0.5) is 14.7 Å². The number of alkyl halides is 2. The molecule has 100 valence electrons. The van der Waals surface area contributed by atoms with Crippen molar-refractivity contribution in [3.63, 3.8) is 0 Å². The number of anilines is 1. The maximum absolute atomic E-state index is 12.2. The summed E-state index contributed by atoms with van der Waals surface area (Å²) in [7, 11) is 0. The minimum Gasteiger partial charge on any atom is -0.435 e. The Morgan fingerprint density at radius 2 is 2.32 bits per heavy atom. The van der Waals surface area contributed by atoms with Crippen LogP contribution in [0.3, 0.4) is 0 Å². The SMILES string of the molecule is FC(F)Oc1cccc(C2CCn3ccnc3N2)c1. The number of nitrogens with one attached hydrogen (secondary N) is 1. The molecule has 0 aliphatic carbocycles. The first-order chi connectivity index (χ1) is 9.22. The highest BCUT2D eigenvalue weighted by Crippen LogP contribution is 2.29. The van der Waals surface area contributed by atoms with Gasteiger partial charge < -0.3 is 14.6 Å². The van der Waals surface area contributed by atoms with Crippen molar-refractivity contribution in [2.75, 3.05) is 5.32 Å². The van der Waals surface area contributed by atoms with Crippen LogP contribution in [0.25, 0.3) is 0 Å². The second-order valence-electron chi connectivity index (χ2n) is 4.38. The lowest BCUT2D eigenvalue weighted by atomic mass is 10.0. The van der Waals surface area contributed by atoms with Crippen molar-refractivity contribution in [3.05, 3.63) is 42.2 Å². The molecule has 0 saturated heterocycles. The molecular formula is C13H13F2N3O. The molecule has 1 aromatic carbocycles. The first kappa shape index (κ1) is 12.0. The highest BCUT2D eigenvalue weighted by molar-refractivity contribution is 5.38. The smallest absolute Gasteiger partial charge is 0.387 e. The fraction of sp³-hybridized carbons (Fsp3) is 0.308. The predicted octanol–water partition coefficient (Wildman–Crippen LogP) is 3.04. The summed E-state index contributed by atoms with van der Waals surface area (Å²) in [6.45, 7) is -1.94. The number of aryl methyl sites for hydroxylation is 1. The van der Waals surface area contributed by atoms with Gasteiger partial charge in [0.15, 0.2) is 0 Å². The number of aromatic nitrogens is 2. The van der Waals surface area contributed by atoms with Gasteiger partial charge in [-0.15, -0.1) is 0 Å². The van der Waals surface area contributed by atoms with Crippen LogP contribution in [-0.2, 0) is 6.54 Å². The third-order valence-electron chi connectivity index (χ3n) is 3.16. The third kappa shape index (κ3) is 2.52. The molecule has 19 heavy (non-hydrogen) atoms. The van der Waals surface area contributed by atoms with Gasteiger partial charge in [0.25, 0.3) is 0 Å². The number of ether oxygens (including phenoxy) is 1. The second-order valence-corrected chi connectivity index (χ2v) is 4.38. The van der Waals surface area contributed by atoms with Crippen LogP contribution < -0.4 is 10.1 Å². The summed E-state index contributed by atoms with van der Waals surface area (Å²) in [4.78, 5) is 4.20. The quantitative estimate of drug-likeness (QED) is 0.927. The molecular weight excluding hydrogens is 252 g/mol. The van der Waals surface area contributed by atoms with E-state index in [9.17, 15) is 8.78 Å². The number of hydrogen-bond acceptors (Lipinski definition) is 3. The van der Waals surface area contributed by atoms with E-state index in [-0.39, 0.29) is 11.8 Å². The van der Waals surface area contributed by atoms with Gasteiger partial charge in [0.05, 0.1) is 6.04 Å². The fourth-order valence-corrected chi connectivity index (χ4v) is 2.28. The van der Waals surface area contributed by atoms with Crippen LogP contribution in [0, 0.1) is 0 Å². The van der Waals surface area contributed by atoms with Crippen molar-refractivity contribution in [3.8, 4) is 5.75 Å². The van der Waals surface area contributed by atoms with E-state index in [4.69, 9.17) is 0 Å². The summed E-state index contributed by atoms with van der Waals surface area (Å²) >= 11 is 0. The van der Waals surface area contributed by atoms with Crippen LogP contribution >= 0.6 is 0 Å². The summed E-state index contributed by atoms with van der Waals surface area (Å²) < 4.78 is 30.8. The van der Waals surface area contributed by atoms with E-state index in [0.717, 1.165) is 24.5 Å². The molecule has 3 rings (SSSR count). The van der Waals surface area contributed by atoms with E-state index in [2.05, 4.69) is 15.0 Å². The molecule has 6 heteroatoms. The Kier molecular flexibility index (Phi) is 3.06. The molecule has 0 amide bonds. The number of rotatable bonds is 3. The Labute approximate surface area is 109 Å². The van der Waals surface area contributed by atoms with Gasteiger partial charge in [-0.2, -0.15) is 8.78 Å². The average Bonchev–Trinajstić information content (AvgIpc) is 2.85. The van der Waals surface area contributed by atoms with E-state index in [1.165, 1.54) is 6.07 Å². The zero-order valence-electron chi connectivity index (χ0n) is 10.1. The number of hydrogen-bond donors (Lipinski definition) is 1. The lowest BCUT2D eigenvalue weighted by Crippen LogP contribution is -2.21. The lowest BCUT2D eigenvalue weighted by molar-refractivity contribution is -0.0498. The van der Waals surface area contributed by atoms with Gasteiger partial charge in [-0.05, 0) is 24.1 Å². The summed E-state index contributed by atoms with van der Waals surface area (Å²) in [6.07, 6.45) is 4.53. The molecule has 2 aromatic rings. The van der Waals surface area contributed by atoms with Gasteiger partial charge in [-0.25, -0.2) is 4.98 Å². The van der Waals surface area contributed by atoms with Crippen LogP contribution in [0.5, 0.6) is 5.75 Å². The Morgan fingerprint density at radius 1 is 1.42 bits per heavy atom. The van der Waals surface area contributed by atoms with E-state index >= 15 is 0 Å². The Morgan fingerprint density at radius 3 is 3.16 bits per heavy atom. The molecule has 4 nitrogen and oxygen atoms in total. The monoisotopic (exact) mass is 265 g/mol. The van der Waals surface area contributed by atoms with Gasteiger partial charge in [-0.3, -0.25) is 0 Å². The minimum absolute atomic E-state index is 0.0659. The Hall–Kier alpha value is -2.11. The van der Waals surface area contributed by atoms with Gasteiger partial charge in [0, 0.05) is 18.9 Å². The molecule has 1 aliphatic rings. The second kappa shape index (κ2) is 4.87. The van der Waals surface area contributed by atoms with E-state index in [1.807, 2.05) is 16.8 Å². The largest absolute Gasteiger partial charge is 0.435 e. The van der Waals surface area contributed by atoms with Crippen LogP contribution in [-0.4, -0.2) is 16.2 Å². The first-order valence-electron chi connectivity index (χ1n) is 6.05. The normalized spacial score (nSPS) is 17.9.